The maximum Gasteiger partial charge on any atom is 0.0648 e. The second kappa shape index (κ2) is 5.47. The van der Waals surface area contributed by atoms with Crippen LogP contribution in [0.15, 0.2) is 54.9 Å². The van der Waals surface area contributed by atoms with Gasteiger partial charge in [0.1, 0.15) is 0 Å². The maximum atomic E-state index is 5.86. The van der Waals surface area contributed by atoms with Crippen LogP contribution in [-0.2, 0) is 13.0 Å². The predicted octanol–water partition coefficient (Wildman–Crippen LogP) is 2.97. The van der Waals surface area contributed by atoms with Crippen LogP contribution in [0.2, 0.25) is 0 Å². The minimum Gasteiger partial charge on any atom is -0.341 e. The number of hydrogen-bond donors (Lipinski definition) is 1. The first-order valence-corrected chi connectivity index (χ1v) is 6.95. The van der Waals surface area contributed by atoms with E-state index in [0.29, 0.717) is 0 Å². The van der Waals surface area contributed by atoms with Gasteiger partial charge in [-0.3, -0.25) is 4.98 Å². The van der Waals surface area contributed by atoms with Crippen LogP contribution in [-0.4, -0.2) is 15.6 Å². The number of nitrogens with zero attached hydrogens (tertiary/aromatic N) is 2. The van der Waals surface area contributed by atoms with Gasteiger partial charge in [0.15, 0.2) is 0 Å². The summed E-state index contributed by atoms with van der Waals surface area (Å²) in [7, 11) is 0. The minimum atomic E-state index is 0.197. The average molecular weight is 265 g/mol. The highest BCUT2D eigenvalue weighted by atomic mass is 15.0. The minimum absolute atomic E-state index is 0.197. The molecule has 2 heterocycles. The summed E-state index contributed by atoms with van der Waals surface area (Å²) in [6, 6.07) is 14.9. The standard InChI is InChI=1S/C17H19N3/c1-13(18)10-14-5-6-17-15(11-14)7-9-20(17)12-16-4-2-3-8-19-16/h2-9,11,13H,10,12,18H2,1H3. The SMILES string of the molecule is CC(N)Cc1ccc2c(ccn2Cc2ccccn2)c1. The van der Waals surface area contributed by atoms with E-state index in [1.807, 2.05) is 25.3 Å². The summed E-state index contributed by atoms with van der Waals surface area (Å²) >= 11 is 0. The lowest BCUT2D eigenvalue weighted by molar-refractivity contribution is 0.738. The van der Waals surface area contributed by atoms with Crippen molar-refractivity contribution in [3.8, 4) is 0 Å². The van der Waals surface area contributed by atoms with Crippen LogP contribution in [0.5, 0.6) is 0 Å². The van der Waals surface area contributed by atoms with Crippen molar-refractivity contribution in [3.05, 3.63) is 66.1 Å². The predicted molar refractivity (Wildman–Crippen MR) is 82.6 cm³/mol. The fourth-order valence-electron chi connectivity index (χ4n) is 2.55. The third-order valence-electron chi connectivity index (χ3n) is 3.45. The number of benzene rings is 1. The maximum absolute atomic E-state index is 5.86. The van der Waals surface area contributed by atoms with Crippen molar-refractivity contribution in [2.75, 3.05) is 0 Å². The first-order valence-electron chi connectivity index (χ1n) is 6.95. The van der Waals surface area contributed by atoms with Gasteiger partial charge in [-0.2, -0.15) is 0 Å². The van der Waals surface area contributed by atoms with E-state index in [1.165, 1.54) is 16.5 Å². The summed E-state index contributed by atoms with van der Waals surface area (Å²) in [6.07, 6.45) is 4.87. The number of aromatic nitrogens is 2. The van der Waals surface area contributed by atoms with Gasteiger partial charge in [-0.15, -0.1) is 0 Å². The Kier molecular flexibility index (Phi) is 3.52. The Morgan fingerprint density at radius 2 is 2.10 bits per heavy atom. The Morgan fingerprint density at radius 1 is 1.20 bits per heavy atom. The smallest absolute Gasteiger partial charge is 0.0648 e. The quantitative estimate of drug-likeness (QED) is 0.788. The van der Waals surface area contributed by atoms with Crippen LogP contribution in [0, 0.1) is 0 Å². The molecule has 3 aromatic rings. The molecule has 1 aromatic carbocycles. The fraction of sp³-hybridized carbons (Fsp3) is 0.235. The molecule has 0 bridgehead atoms. The molecule has 0 fully saturated rings. The van der Waals surface area contributed by atoms with Crippen molar-refractivity contribution in [3.63, 3.8) is 0 Å². The molecule has 0 aliphatic rings. The van der Waals surface area contributed by atoms with Gasteiger partial charge in [-0.25, -0.2) is 0 Å². The molecule has 0 radical (unpaired) electrons. The summed E-state index contributed by atoms with van der Waals surface area (Å²) in [4.78, 5) is 4.38. The highest BCUT2D eigenvalue weighted by molar-refractivity contribution is 5.81. The van der Waals surface area contributed by atoms with Crippen molar-refractivity contribution in [1.29, 1.82) is 0 Å². The van der Waals surface area contributed by atoms with E-state index in [0.717, 1.165) is 18.7 Å². The third-order valence-corrected chi connectivity index (χ3v) is 3.45. The number of rotatable bonds is 4. The van der Waals surface area contributed by atoms with Crippen molar-refractivity contribution < 1.29 is 0 Å². The third kappa shape index (κ3) is 2.73. The average Bonchev–Trinajstić information content (AvgIpc) is 2.82. The van der Waals surface area contributed by atoms with Gasteiger partial charge in [0.2, 0.25) is 0 Å². The van der Waals surface area contributed by atoms with Gasteiger partial charge < -0.3 is 10.3 Å². The molecule has 0 amide bonds. The Balaban J connectivity index is 1.90. The summed E-state index contributed by atoms with van der Waals surface area (Å²) in [5.41, 5.74) is 9.47. The summed E-state index contributed by atoms with van der Waals surface area (Å²) in [5, 5.41) is 1.26. The number of hydrogen-bond acceptors (Lipinski definition) is 2. The van der Waals surface area contributed by atoms with Crippen molar-refractivity contribution >= 4 is 10.9 Å². The molecular formula is C17H19N3. The van der Waals surface area contributed by atoms with E-state index in [1.54, 1.807) is 0 Å². The topological polar surface area (TPSA) is 43.8 Å². The zero-order valence-corrected chi connectivity index (χ0v) is 11.7. The highest BCUT2D eigenvalue weighted by Gasteiger charge is 2.04. The van der Waals surface area contributed by atoms with Gasteiger partial charge >= 0.3 is 0 Å². The lowest BCUT2D eigenvalue weighted by Gasteiger charge is -2.07. The zero-order valence-electron chi connectivity index (χ0n) is 11.7. The molecule has 2 N–H and O–H groups in total. The molecule has 0 aliphatic heterocycles. The zero-order chi connectivity index (χ0) is 13.9. The molecule has 0 aliphatic carbocycles. The Labute approximate surface area is 119 Å². The summed E-state index contributed by atoms with van der Waals surface area (Å²) in [6.45, 7) is 2.84. The molecule has 20 heavy (non-hydrogen) atoms. The fourth-order valence-corrected chi connectivity index (χ4v) is 2.55. The second-order valence-electron chi connectivity index (χ2n) is 5.34. The van der Waals surface area contributed by atoms with Crippen LogP contribution in [0.25, 0.3) is 10.9 Å². The largest absolute Gasteiger partial charge is 0.341 e. The lowest BCUT2D eigenvalue weighted by Crippen LogP contribution is -2.17. The van der Waals surface area contributed by atoms with Crippen molar-refractivity contribution in [2.24, 2.45) is 5.73 Å². The van der Waals surface area contributed by atoms with Gasteiger partial charge in [-0.1, -0.05) is 12.1 Å². The first kappa shape index (κ1) is 12.9. The van der Waals surface area contributed by atoms with Gasteiger partial charge in [0, 0.05) is 24.0 Å². The van der Waals surface area contributed by atoms with Crippen LogP contribution < -0.4 is 5.73 Å². The molecule has 3 nitrogen and oxygen atoms in total. The van der Waals surface area contributed by atoms with Gasteiger partial charge in [0.05, 0.1) is 12.2 Å². The lowest BCUT2D eigenvalue weighted by atomic mass is 10.1. The second-order valence-corrected chi connectivity index (χ2v) is 5.34. The van der Waals surface area contributed by atoms with E-state index < -0.39 is 0 Å². The normalized spacial score (nSPS) is 12.7. The first-order chi connectivity index (χ1) is 9.72. The number of nitrogens with two attached hydrogens (primary N) is 1. The summed E-state index contributed by atoms with van der Waals surface area (Å²) in [5.74, 6) is 0. The van der Waals surface area contributed by atoms with E-state index in [2.05, 4.69) is 46.1 Å². The number of pyridine rings is 1. The van der Waals surface area contributed by atoms with E-state index in [-0.39, 0.29) is 6.04 Å². The molecule has 3 heteroatoms. The monoisotopic (exact) mass is 265 g/mol. The molecule has 2 aromatic heterocycles. The molecule has 0 saturated carbocycles. The van der Waals surface area contributed by atoms with Crippen LogP contribution in [0.1, 0.15) is 18.2 Å². The molecule has 0 spiro atoms. The van der Waals surface area contributed by atoms with Crippen LogP contribution in [0.4, 0.5) is 0 Å². The molecule has 0 saturated heterocycles. The Bertz CT molecular complexity index is 699. The number of fused-ring (bicyclic) bond motifs is 1. The molecule has 1 unspecified atom stereocenters. The van der Waals surface area contributed by atoms with Gasteiger partial charge in [-0.05, 0) is 54.6 Å². The molecule has 102 valence electrons. The highest BCUT2D eigenvalue weighted by Crippen LogP contribution is 2.19. The van der Waals surface area contributed by atoms with Crippen LogP contribution >= 0.6 is 0 Å². The van der Waals surface area contributed by atoms with Gasteiger partial charge in [0.25, 0.3) is 0 Å². The Morgan fingerprint density at radius 3 is 2.85 bits per heavy atom. The van der Waals surface area contributed by atoms with Crippen LogP contribution in [0.3, 0.4) is 0 Å². The van der Waals surface area contributed by atoms with E-state index in [4.69, 9.17) is 5.73 Å². The van der Waals surface area contributed by atoms with Crippen molar-refractivity contribution in [2.45, 2.75) is 25.9 Å². The van der Waals surface area contributed by atoms with Crippen molar-refractivity contribution in [1.82, 2.24) is 9.55 Å². The summed E-state index contributed by atoms with van der Waals surface area (Å²) < 4.78 is 2.23. The van der Waals surface area contributed by atoms with E-state index >= 15 is 0 Å². The van der Waals surface area contributed by atoms with E-state index in [9.17, 15) is 0 Å². The molecular weight excluding hydrogens is 246 g/mol. The molecule has 3 rings (SSSR count). The molecule has 1 atom stereocenters. The Hall–Kier alpha value is -2.13.